The van der Waals surface area contributed by atoms with Gasteiger partial charge in [0.15, 0.2) is 5.79 Å². The average molecular weight is 215 g/mol. The number of nitrogens with one attached hydrogen (secondary N) is 1. The first-order valence-electron chi connectivity index (χ1n) is 5.19. The molecule has 2 heterocycles. The first-order chi connectivity index (χ1) is 6.98. The van der Waals surface area contributed by atoms with Gasteiger partial charge in [0.2, 0.25) is 5.91 Å². The van der Waals surface area contributed by atoms with Gasteiger partial charge in [0.05, 0.1) is 6.61 Å². The molecule has 15 heavy (non-hydrogen) atoms. The number of carbonyl (C=O) groups excluding carboxylic acids is 1. The van der Waals surface area contributed by atoms with E-state index < -0.39 is 5.79 Å². The van der Waals surface area contributed by atoms with Gasteiger partial charge in [-0.05, 0) is 13.8 Å². The summed E-state index contributed by atoms with van der Waals surface area (Å²) in [6, 6.07) is 0. The molecule has 86 valence electrons. The predicted molar refractivity (Wildman–Crippen MR) is 52.2 cm³/mol. The van der Waals surface area contributed by atoms with Crippen LogP contribution in [0.4, 0.5) is 0 Å². The van der Waals surface area contributed by atoms with Gasteiger partial charge in [0, 0.05) is 13.5 Å². The summed E-state index contributed by atoms with van der Waals surface area (Å²) in [5.74, 6) is -0.589. The minimum atomic E-state index is -0.534. The second-order valence-electron chi connectivity index (χ2n) is 4.45. The standard InChI is InChI=1S/C10H17NO4/c1-6(12)11-4-7-9-8(5-13-7)14-10(2,3)15-9/h7-9H,4-5H2,1-3H3,(H,11,12)/t7-,8+,9+/m0/s1. The summed E-state index contributed by atoms with van der Waals surface area (Å²) in [6.45, 7) is 6.29. The molecule has 2 rings (SSSR count). The molecular formula is C10H17NO4. The highest BCUT2D eigenvalue weighted by atomic mass is 16.8. The zero-order chi connectivity index (χ0) is 11.1. The Bertz CT molecular complexity index is 266. The molecule has 0 aromatic rings. The Balaban J connectivity index is 1.91. The number of carbonyl (C=O) groups is 1. The molecular weight excluding hydrogens is 198 g/mol. The molecule has 0 spiro atoms. The summed E-state index contributed by atoms with van der Waals surface area (Å²) >= 11 is 0. The molecule has 1 amide bonds. The average Bonchev–Trinajstić information content (AvgIpc) is 2.56. The first kappa shape index (κ1) is 10.9. The van der Waals surface area contributed by atoms with Crippen LogP contribution in [0.3, 0.4) is 0 Å². The lowest BCUT2D eigenvalue weighted by molar-refractivity contribution is -0.174. The van der Waals surface area contributed by atoms with Crippen molar-refractivity contribution in [2.75, 3.05) is 13.2 Å². The van der Waals surface area contributed by atoms with E-state index in [0.717, 1.165) is 0 Å². The van der Waals surface area contributed by atoms with Crippen molar-refractivity contribution in [2.24, 2.45) is 0 Å². The third-order valence-electron chi connectivity index (χ3n) is 2.61. The van der Waals surface area contributed by atoms with E-state index in [2.05, 4.69) is 5.32 Å². The Labute approximate surface area is 89.1 Å². The number of rotatable bonds is 2. The van der Waals surface area contributed by atoms with Crippen molar-refractivity contribution in [1.82, 2.24) is 5.32 Å². The Morgan fingerprint density at radius 2 is 2.20 bits per heavy atom. The van der Waals surface area contributed by atoms with Gasteiger partial charge in [-0.2, -0.15) is 0 Å². The van der Waals surface area contributed by atoms with E-state index in [1.165, 1.54) is 6.92 Å². The summed E-state index contributed by atoms with van der Waals surface area (Å²) in [5, 5.41) is 2.73. The Hall–Kier alpha value is -0.650. The van der Waals surface area contributed by atoms with Gasteiger partial charge in [-0.15, -0.1) is 0 Å². The van der Waals surface area contributed by atoms with Crippen molar-refractivity contribution in [2.45, 2.75) is 44.9 Å². The molecule has 0 bridgehead atoms. The van der Waals surface area contributed by atoms with E-state index in [4.69, 9.17) is 14.2 Å². The molecule has 2 saturated heterocycles. The van der Waals surface area contributed by atoms with Gasteiger partial charge in [-0.1, -0.05) is 0 Å². The zero-order valence-corrected chi connectivity index (χ0v) is 9.28. The second kappa shape index (κ2) is 3.73. The van der Waals surface area contributed by atoms with E-state index in [9.17, 15) is 4.79 Å². The third-order valence-corrected chi connectivity index (χ3v) is 2.61. The van der Waals surface area contributed by atoms with Gasteiger partial charge >= 0.3 is 0 Å². The molecule has 1 N–H and O–H groups in total. The van der Waals surface area contributed by atoms with Crippen LogP contribution >= 0.6 is 0 Å². The number of fused-ring (bicyclic) bond motifs is 1. The first-order valence-corrected chi connectivity index (χ1v) is 5.19. The SMILES string of the molecule is CC(=O)NC[C@@H]1OC[C@H]2OC(C)(C)O[C@H]12. The fourth-order valence-electron chi connectivity index (χ4n) is 2.04. The second-order valence-corrected chi connectivity index (χ2v) is 4.45. The van der Waals surface area contributed by atoms with Crippen LogP contribution in [-0.2, 0) is 19.0 Å². The fourth-order valence-corrected chi connectivity index (χ4v) is 2.04. The molecule has 0 radical (unpaired) electrons. The molecule has 5 nitrogen and oxygen atoms in total. The van der Waals surface area contributed by atoms with Gasteiger partial charge < -0.3 is 19.5 Å². The van der Waals surface area contributed by atoms with Crippen molar-refractivity contribution in [3.05, 3.63) is 0 Å². The van der Waals surface area contributed by atoms with Crippen molar-refractivity contribution in [3.8, 4) is 0 Å². The molecule has 2 fully saturated rings. The Morgan fingerprint density at radius 1 is 1.47 bits per heavy atom. The predicted octanol–water partition coefficient (Wildman–Crippen LogP) is 0.0414. The fraction of sp³-hybridized carbons (Fsp3) is 0.900. The molecule has 3 atom stereocenters. The van der Waals surface area contributed by atoms with Crippen LogP contribution in [0, 0.1) is 0 Å². The van der Waals surface area contributed by atoms with Gasteiger partial charge in [0.1, 0.15) is 18.3 Å². The highest BCUT2D eigenvalue weighted by Gasteiger charge is 2.49. The molecule has 0 aromatic heterocycles. The molecule has 2 aliphatic rings. The number of hydrogen-bond donors (Lipinski definition) is 1. The maximum absolute atomic E-state index is 10.8. The lowest BCUT2D eigenvalue weighted by Crippen LogP contribution is -2.39. The molecule has 2 aliphatic heterocycles. The highest BCUT2D eigenvalue weighted by Crippen LogP contribution is 2.34. The minimum absolute atomic E-state index is 0.00115. The van der Waals surface area contributed by atoms with E-state index in [1.807, 2.05) is 13.8 Å². The van der Waals surface area contributed by atoms with Gasteiger partial charge in [-0.3, -0.25) is 4.79 Å². The summed E-state index contributed by atoms with van der Waals surface area (Å²) in [6.07, 6.45) is -0.161. The Kier molecular flexibility index (Phi) is 2.70. The largest absolute Gasteiger partial charge is 0.371 e. The lowest BCUT2D eigenvalue weighted by Gasteiger charge is -2.21. The highest BCUT2D eigenvalue weighted by molar-refractivity contribution is 5.72. The van der Waals surface area contributed by atoms with Crippen LogP contribution in [0.25, 0.3) is 0 Å². The number of ether oxygens (including phenoxy) is 3. The van der Waals surface area contributed by atoms with Gasteiger partial charge in [-0.25, -0.2) is 0 Å². The van der Waals surface area contributed by atoms with Crippen LogP contribution in [0.15, 0.2) is 0 Å². The van der Waals surface area contributed by atoms with Crippen LogP contribution in [0.1, 0.15) is 20.8 Å². The van der Waals surface area contributed by atoms with Crippen molar-refractivity contribution >= 4 is 5.91 Å². The summed E-state index contributed by atoms with van der Waals surface area (Å²) in [5.41, 5.74) is 0. The molecule has 0 aromatic carbocycles. The third kappa shape index (κ3) is 2.30. The summed E-state index contributed by atoms with van der Waals surface area (Å²) in [4.78, 5) is 10.8. The number of hydrogen-bond acceptors (Lipinski definition) is 4. The van der Waals surface area contributed by atoms with Crippen LogP contribution in [0.5, 0.6) is 0 Å². The van der Waals surface area contributed by atoms with Crippen LogP contribution < -0.4 is 5.32 Å². The van der Waals surface area contributed by atoms with Crippen LogP contribution in [0.2, 0.25) is 0 Å². The van der Waals surface area contributed by atoms with Crippen molar-refractivity contribution in [1.29, 1.82) is 0 Å². The summed E-state index contributed by atoms with van der Waals surface area (Å²) < 4.78 is 16.9. The van der Waals surface area contributed by atoms with E-state index >= 15 is 0 Å². The van der Waals surface area contributed by atoms with Crippen molar-refractivity contribution in [3.63, 3.8) is 0 Å². The monoisotopic (exact) mass is 215 g/mol. The maximum Gasteiger partial charge on any atom is 0.216 e. The topological polar surface area (TPSA) is 56.8 Å². The molecule has 0 saturated carbocycles. The lowest BCUT2D eigenvalue weighted by atomic mass is 10.1. The zero-order valence-electron chi connectivity index (χ0n) is 9.28. The quantitative estimate of drug-likeness (QED) is 0.706. The van der Waals surface area contributed by atoms with E-state index in [-0.39, 0.29) is 24.2 Å². The smallest absolute Gasteiger partial charge is 0.216 e. The van der Waals surface area contributed by atoms with Crippen LogP contribution in [-0.4, -0.2) is 43.2 Å². The van der Waals surface area contributed by atoms with Crippen molar-refractivity contribution < 1.29 is 19.0 Å². The molecule has 0 unspecified atom stereocenters. The molecule has 5 heteroatoms. The maximum atomic E-state index is 10.8. The summed E-state index contributed by atoms with van der Waals surface area (Å²) in [7, 11) is 0. The Morgan fingerprint density at radius 3 is 2.87 bits per heavy atom. The minimum Gasteiger partial charge on any atom is -0.371 e. The van der Waals surface area contributed by atoms with E-state index in [1.54, 1.807) is 0 Å². The number of amides is 1. The van der Waals surface area contributed by atoms with Gasteiger partial charge in [0.25, 0.3) is 0 Å². The van der Waals surface area contributed by atoms with E-state index in [0.29, 0.717) is 13.2 Å². The normalized spacial score (nSPS) is 37.7. The molecule has 0 aliphatic carbocycles.